The van der Waals surface area contributed by atoms with Crippen molar-refractivity contribution in [3.8, 4) is 0 Å². The first-order valence-corrected chi connectivity index (χ1v) is 4.65. The minimum Gasteiger partial charge on any atom is -0.352 e. The molecule has 14 heavy (non-hydrogen) atoms. The van der Waals surface area contributed by atoms with Crippen molar-refractivity contribution >= 4 is 12.2 Å². The van der Waals surface area contributed by atoms with Gasteiger partial charge in [0.25, 0.3) is 0 Å². The highest BCUT2D eigenvalue weighted by Crippen LogP contribution is 2.28. The summed E-state index contributed by atoms with van der Waals surface area (Å²) in [6, 6.07) is 7.45. The number of benzene rings is 1. The molecule has 72 valence electrons. The molecule has 0 radical (unpaired) electrons. The number of ketones is 1. The van der Waals surface area contributed by atoms with E-state index in [1.165, 1.54) is 0 Å². The van der Waals surface area contributed by atoms with Crippen molar-refractivity contribution in [1.29, 1.82) is 0 Å². The van der Waals surface area contributed by atoms with E-state index in [0.29, 0.717) is 19.3 Å². The van der Waals surface area contributed by atoms with Gasteiger partial charge in [-0.1, -0.05) is 24.3 Å². The molecule has 1 aliphatic rings. The largest absolute Gasteiger partial charge is 0.352 e. The van der Waals surface area contributed by atoms with Crippen molar-refractivity contribution in [2.45, 2.75) is 18.9 Å². The van der Waals surface area contributed by atoms with E-state index < -0.39 is 0 Å². The lowest BCUT2D eigenvalue weighted by atomic mass is 9.87. The molecular formula is C11H11NO2. The molecule has 0 aromatic heterocycles. The lowest BCUT2D eigenvalue weighted by Crippen LogP contribution is -2.26. The van der Waals surface area contributed by atoms with Gasteiger partial charge in [-0.05, 0) is 12.0 Å². The predicted molar refractivity (Wildman–Crippen MR) is 51.9 cm³/mol. The van der Waals surface area contributed by atoms with E-state index in [-0.39, 0.29) is 11.8 Å². The second kappa shape index (κ2) is 3.62. The Morgan fingerprint density at radius 3 is 2.93 bits per heavy atom. The molecule has 1 aromatic rings. The molecule has 1 unspecified atom stereocenters. The summed E-state index contributed by atoms with van der Waals surface area (Å²) in [5.41, 5.74) is 1.69. The van der Waals surface area contributed by atoms with Crippen LogP contribution in [0.1, 0.15) is 34.8 Å². The number of Topliss-reactive ketones (excluding diaryl/α,β-unsaturated/α-hetero) is 1. The summed E-state index contributed by atoms with van der Waals surface area (Å²) in [5.74, 6) is 0.171. The van der Waals surface area contributed by atoms with Crippen LogP contribution in [0.3, 0.4) is 0 Å². The van der Waals surface area contributed by atoms with Gasteiger partial charge >= 0.3 is 0 Å². The molecule has 0 aliphatic heterocycles. The summed E-state index contributed by atoms with van der Waals surface area (Å²) in [4.78, 5) is 21.9. The van der Waals surface area contributed by atoms with Gasteiger partial charge in [-0.15, -0.1) is 0 Å². The summed E-state index contributed by atoms with van der Waals surface area (Å²) in [5, 5.41) is 2.73. The molecule has 3 heteroatoms. The number of fused-ring (bicyclic) bond motifs is 1. The Morgan fingerprint density at radius 2 is 2.14 bits per heavy atom. The van der Waals surface area contributed by atoms with Crippen LogP contribution in [0.4, 0.5) is 0 Å². The average molecular weight is 189 g/mol. The standard InChI is InChI=1S/C11H11NO2/c13-7-12-10-5-6-11(14)9-4-2-1-3-8(9)10/h1-4,7,10H,5-6H2,(H,12,13). The van der Waals surface area contributed by atoms with Crippen LogP contribution in [0.2, 0.25) is 0 Å². The first kappa shape index (κ1) is 8.94. The maximum absolute atomic E-state index is 11.5. The van der Waals surface area contributed by atoms with Crippen LogP contribution in [0.5, 0.6) is 0 Å². The predicted octanol–water partition coefficient (Wildman–Crippen LogP) is 1.45. The monoisotopic (exact) mass is 189 g/mol. The zero-order chi connectivity index (χ0) is 9.97. The molecule has 2 rings (SSSR count). The lowest BCUT2D eigenvalue weighted by molar-refractivity contribution is -0.110. The Balaban J connectivity index is 2.41. The molecule has 0 fully saturated rings. The number of carbonyl (C=O) groups excluding carboxylic acids is 2. The maximum atomic E-state index is 11.5. The second-order valence-corrected chi connectivity index (χ2v) is 3.39. The van der Waals surface area contributed by atoms with Crippen molar-refractivity contribution in [2.75, 3.05) is 0 Å². The van der Waals surface area contributed by atoms with Gasteiger partial charge in [0, 0.05) is 12.0 Å². The van der Waals surface area contributed by atoms with E-state index in [1.54, 1.807) is 0 Å². The highest BCUT2D eigenvalue weighted by molar-refractivity contribution is 5.98. The molecule has 1 N–H and O–H groups in total. The first-order chi connectivity index (χ1) is 6.83. The van der Waals surface area contributed by atoms with Crippen molar-refractivity contribution in [3.63, 3.8) is 0 Å². The summed E-state index contributed by atoms with van der Waals surface area (Å²) in [6.45, 7) is 0. The van der Waals surface area contributed by atoms with E-state index in [9.17, 15) is 9.59 Å². The van der Waals surface area contributed by atoms with Gasteiger partial charge in [-0.3, -0.25) is 9.59 Å². The fraction of sp³-hybridized carbons (Fsp3) is 0.273. The fourth-order valence-electron chi connectivity index (χ4n) is 1.88. The molecule has 0 heterocycles. The van der Waals surface area contributed by atoms with Crippen LogP contribution in [-0.4, -0.2) is 12.2 Å². The van der Waals surface area contributed by atoms with Crippen LogP contribution in [0.15, 0.2) is 24.3 Å². The van der Waals surface area contributed by atoms with E-state index >= 15 is 0 Å². The van der Waals surface area contributed by atoms with Crippen LogP contribution >= 0.6 is 0 Å². The van der Waals surface area contributed by atoms with Crippen molar-refractivity contribution in [1.82, 2.24) is 5.32 Å². The third-order valence-electron chi connectivity index (χ3n) is 2.57. The van der Waals surface area contributed by atoms with Gasteiger partial charge in [-0.2, -0.15) is 0 Å². The normalized spacial score (nSPS) is 20.0. The van der Waals surface area contributed by atoms with Gasteiger partial charge in [0.1, 0.15) is 0 Å². The minimum absolute atomic E-state index is 0.00130. The highest BCUT2D eigenvalue weighted by Gasteiger charge is 2.24. The molecule has 1 aromatic carbocycles. The number of amides is 1. The second-order valence-electron chi connectivity index (χ2n) is 3.39. The van der Waals surface area contributed by atoms with E-state index in [4.69, 9.17) is 0 Å². The number of rotatable bonds is 2. The molecule has 0 saturated heterocycles. The van der Waals surface area contributed by atoms with Crippen LogP contribution in [0, 0.1) is 0 Å². The molecule has 0 spiro atoms. The smallest absolute Gasteiger partial charge is 0.207 e. The van der Waals surface area contributed by atoms with Crippen LogP contribution in [-0.2, 0) is 4.79 Å². The first-order valence-electron chi connectivity index (χ1n) is 4.65. The van der Waals surface area contributed by atoms with Gasteiger partial charge in [0.2, 0.25) is 6.41 Å². The van der Waals surface area contributed by atoms with Gasteiger partial charge in [0.15, 0.2) is 5.78 Å². The minimum atomic E-state index is 0.00130. The van der Waals surface area contributed by atoms with Gasteiger partial charge < -0.3 is 5.32 Å². The Labute approximate surface area is 82.1 Å². The molecule has 1 aliphatic carbocycles. The van der Waals surface area contributed by atoms with Crippen LogP contribution in [0.25, 0.3) is 0 Å². The van der Waals surface area contributed by atoms with Gasteiger partial charge in [0.05, 0.1) is 6.04 Å². The number of nitrogens with one attached hydrogen (secondary N) is 1. The quantitative estimate of drug-likeness (QED) is 0.716. The molecule has 1 amide bonds. The van der Waals surface area contributed by atoms with Crippen molar-refractivity contribution in [3.05, 3.63) is 35.4 Å². The Hall–Kier alpha value is -1.64. The summed E-state index contributed by atoms with van der Waals surface area (Å²) in [6.07, 6.45) is 1.91. The third kappa shape index (κ3) is 1.41. The molecule has 0 bridgehead atoms. The number of hydrogen-bond acceptors (Lipinski definition) is 2. The Kier molecular flexibility index (Phi) is 2.31. The molecular weight excluding hydrogens is 178 g/mol. The SMILES string of the molecule is O=CNC1CCC(=O)c2ccccc21. The van der Waals surface area contributed by atoms with Crippen LogP contribution < -0.4 is 5.32 Å². The number of hydrogen-bond donors (Lipinski definition) is 1. The lowest BCUT2D eigenvalue weighted by Gasteiger charge is -2.23. The number of carbonyl (C=O) groups is 2. The van der Waals surface area contributed by atoms with E-state index in [2.05, 4.69) is 5.32 Å². The maximum Gasteiger partial charge on any atom is 0.207 e. The fourth-order valence-corrected chi connectivity index (χ4v) is 1.88. The zero-order valence-electron chi connectivity index (χ0n) is 7.69. The third-order valence-corrected chi connectivity index (χ3v) is 2.57. The van der Waals surface area contributed by atoms with E-state index in [0.717, 1.165) is 11.1 Å². The average Bonchev–Trinajstić information content (AvgIpc) is 2.23. The molecule has 3 nitrogen and oxygen atoms in total. The molecule has 1 atom stereocenters. The zero-order valence-corrected chi connectivity index (χ0v) is 7.69. The Bertz CT molecular complexity index is 373. The van der Waals surface area contributed by atoms with E-state index in [1.807, 2.05) is 24.3 Å². The Morgan fingerprint density at radius 1 is 1.36 bits per heavy atom. The van der Waals surface area contributed by atoms with Gasteiger partial charge in [-0.25, -0.2) is 0 Å². The van der Waals surface area contributed by atoms with Crippen molar-refractivity contribution in [2.24, 2.45) is 0 Å². The topological polar surface area (TPSA) is 46.2 Å². The summed E-state index contributed by atoms with van der Waals surface area (Å²) >= 11 is 0. The summed E-state index contributed by atoms with van der Waals surface area (Å²) in [7, 11) is 0. The summed E-state index contributed by atoms with van der Waals surface area (Å²) < 4.78 is 0. The highest BCUT2D eigenvalue weighted by atomic mass is 16.1. The van der Waals surface area contributed by atoms with Crippen molar-refractivity contribution < 1.29 is 9.59 Å². The molecule has 0 saturated carbocycles.